The predicted octanol–water partition coefficient (Wildman–Crippen LogP) is 9.58. The zero-order chi connectivity index (χ0) is 34.4. The normalized spacial score (nSPS) is 50.9. The number of hydrogen-bond donors (Lipinski definition) is 3. The second kappa shape index (κ2) is 11.5. The summed E-state index contributed by atoms with van der Waals surface area (Å²) in [5.74, 6) is -0.940. The summed E-state index contributed by atoms with van der Waals surface area (Å²) >= 11 is 0. The predicted molar refractivity (Wildman–Crippen MR) is 190 cm³/mol. The van der Waals surface area contributed by atoms with Crippen LogP contribution in [0, 0.1) is 55.7 Å². The van der Waals surface area contributed by atoms with Crippen LogP contribution in [-0.4, -0.2) is 39.8 Å². The molecule has 0 amide bonds. The molecule has 5 nitrogen and oxygen atoms in total. The van der Waals surface area contributed by atoms with Crippen molar-refractivity contribution in [3.8, 4) is 0 Å². The molecule has 5 heteroatoms. The number of benzene rings is 1. The number of hydrogen-bond acceptors (Lipinski definition) is 4. The van der Waals surface area contributed by atoms with Crippen molar-refractivity contribution < 1.29 is 24.9 Å². The molecule has 2 bridgehead atoms. The summed E-state index contributed by atoms with van der Waals surface area (Å²) in [5, 5.41) is 34.6. The quantitative estimate of drug-likeness (QED) is 0.229. The third-order valence-electron chi connectivity index (χ3n) is 18.0. The van der Waals surface area contributed by atoms with Gasteiger partial charge in [0.05, 0.1) is 11.5 Å². The number of ether oxygens (including phenoxy) is 1. The third-order valence-corrected chi connectivity index (χ3v) is 18.0. The number of aliphatic hydroxyl groups excluding tert-OH is 1. The largest absolute Gasteiger partial charge is 0.481 e. The number of rotatable bonds is 9. The Morgan fingerprint density at radius 3 is 2.25 bits per heavy atom. The molecule has 6 fully saturated rings. The molecule has 1 aromatic rings. The minimum Gasteiger partial charge on any atom is -0.481 e. The van der Waals surface area contributed by atoms with Crippen molar-refractivity contribution in [1.29, 1.82) is 0 Å². The molecule has 0 aromatic heterocycles. The van der Waals surface area contributed by atoms with E-state index >= 15 is 0 Å². The van der Waals surface area contributed by atoms with Gasteiger partial charge in [-0.1, -0.05) is 90.6 Å². The van der Waals surface area contributed by atoms with Gasteiger partial charge in [-0.05, 0) is 123 Å². The van der Waals surface area contributed by atoms with Crippen molar-refractivity contribution in [2.45, 2.75) is 163 Å². The summed E-state index contributed by atoms with van der Waals surface area (Å²) in [5.41, 5.74) is 0.207. The molecule has 0 radical (unpaired) electrons. The van der Waals surface area contributed by atoms with E-state index in [1.54, 1.807) is 0 Å². The van der Waals surface area contributed by atoms with E-state index in [0.717, 1.165) is 57.8 Å². The van der Waals surface area contributed by atoms with Crippen LogP contribution >= 0.6 is 0 Å². The molecule has 5 aliphatic carbocycles. The Morgan fingerprint density at radius 2 is 1.56 bits per heavy atom. The molecule has 1 aliphatic heterocycles. The standard InChI is InChI=1S/C43H66O5/c1-7-8-9-13-17-40-24-23-39(6)32(38(40,5)22-21-36(3)19-20-37(4,35(45)46)28-33(36)40)16-18-42-30(2)43(47,26-25-41(39,42)29-44)48-34(42)27-31-14-11-10-12-15-31/h10-12,14-15,30,32-34,44,47H,7-9,13,16-29H2,1-6H3,(H,45,46)/t30-,32-,33-,34+,36-,37-,38-,39-,40+,41-,42-,43+/m1/s1. The summed E-state index contributed by atoms with van der Waals surface area (Å²) in [6, 6.07) is 10.6. The zero-order valence-electron chi connectivity index (χ0n) is 31.1. The number of carboxylic acid groups (broad SMARTS) is 1. The van der Waals surface area contributed by atoms with Gasteiger partial charge in [-0.25, -0.2) is 0 Å². The number of aliphatic hydroxyl groups is 2. The van der Waals surface area contributed by atoms with Crippen molar-refractivity contribution in [2.75, 3.05) is 6.61 Å². The first-order chi connectivity index (χ1) is 22.7. The Bertz CT molecular complexity index is 1380. The lowest BCUT2D eigenvalue weighted by molar-refractivity contribution is -0.311. The average molecular weight is 663 g/mol. The fraction of sp³-hybridized carbons (Fsp3) is 0.837. The van der Waals surface area contributed by atoms with Crippen LogP contribution in [0.4, 0.5) is 0 Å². The molecule has 268 valence electrons. The first-order valence-electron chi connectivity index (χ1n) is 19.9. The Kier molecular flexibility index (Phi) is 8.41. The second-order valence-electron chi connectivity index (χ2n) is 19.3. The molecule has 12 atom stereocenters. The Morgan fingerprint density at radius 1 is 0.854 bits per heavy atom. The third kappa shape index (κ3) is 4.34. The number of unbranched alkanes of at least 4 members (excludes halogenated alkanes) is 3. The van der Waals surface area contributed by atoms with Gasteiger partial charge in [0.15, 0.2) is 5.79 Å². The van der Waals surface area contributed by atoms with Crippen molar-refractivity contribution in [2.24, 2.45) is 55.7 Å². The summed E-state index contributed by atoms with van der Waals surface area (Å²) < 4.78 is 6.85. The van der Waals surface area contributed by atoms with Gasteiger partial charge in [0.25, 0.3) is 0 Å². The van der Waals surface area contributed by atoms with Gasteiger partial charge in [-0.3, -0.25) is 4.79 Å². The van der Waals surface area contributed by atoms with Crippen molar-refractivity contribution in [1.82, 2.24) is 0 Å². The fourth-order valence-electron chi connectivity index (χ4n) is 15.1. The van der Waals surface area contributed by atoms with Gasteiger partial charge in [-0.2, -0.15) is 0 Å². The molecule has 0 unspecified atom stereocenters. The first-order valence-corrected chi connectivity index (χ1v) is 19.9. The van der Waals surface area contributed by atoms with Gasteiger partial charge < -0.3 is 20.1 Å². The molecule has 1 heterocycles. The minimum absolute atomic E-state index is 0.0461. The van der Waals surface area contributed by atoms with E-state index in [1.165, 1.54) is 50.5 Å². The number of carbonyl (C=O) groups is 1. The minimum atomic E-state index is -1.14. The Balaban J connectivity index is 1.33. The van der Waals surface area contributed by atoms with E-state index in [1.807, 2.05) is 6.92 Å². The van der Waals surface area contributed by atoms with Crippen LogP contribution in [0.15, 0.2) is 30.3 Å². The highest BCUT2D eigenvalue weighted by Gasteiger charge is 2.81. The Hall–Kier alpha value is -1.43. The van der Waals surface area contributed by atoms with E-state index in [9.17, 15) is 20.1 Å². The maximum atomic E-state index is 12.8. The molecule has 5 saturated carbocycles. The highest BCUT2D eigenvalue weighted by molar-refractivity contribution is 5.74. The maximum absolute atomic E-state index is 12.8. The van der Waals surface area contributed by atoms with Crippen molar-refractivity contribution in [3.63, 3.8) is 0 Å². The van der Waals surface area contributed by atoms with Gasteiger partial charge in [-0.15, -0.1) is 0 Å². The first kappa shape index (κ1) is 35.0. The SMILES string of the molecule is CCCCCC[C@@]12CC[C@]3(C)[C@H](CC[C@@]45[C@H](Cc6ccccc6)O[C@@](O)(CC[C@]43CO)[C@@H]5C)[C@@]1(C)CC[C@@]1(C)CC[C@@](C)(C(=O)O)C[C@H]12. The van der Waals surface area contributed by atoms with Crippen LogP contribution in [0.1, 0.15) is 150 Å². The molecule has 1 saturated heterocycles. The van der Waals surface area contributed by atoms with Gasteiger partial charge in [0, 0.05) is 29.8 Å². The number of fused-ring (bicyclic) bond motifs is 7. The molecule has 1 spiro atoms. The Labute approximate surface area is 291 Å². The van der Waals surface area contributed by atoms with Crippen LogP contribution in [-0.2, 0) is 16.0 Å². The lowest BCUT2D eigenvalue weighted by Crippen LogP contribution is -2.74. The van der Waals surface area contributed by atoms with E-state index in [2.05, 4.69) is 65.0 Å². The van der Waals surface area contributed by atoms with Crippen molar-refractivity contribution >= 4 is 5.97 Å². The van der Waals surface area contributed by atoms with Gasteiger partial charge >= 0.3 is 5.97 Å². The van der Waals surface area contributed by atoms with E-state index in [4.69, 9.17) is 4.74 Å². The van der Waals surface area contributed by atoms with E-state index in [-0.39, 0.29) is 51.1 Å². The van der Waals surface area contributed by atoms with Gasteiger partial charge in [0.1, 0.15) is 0 Å². The molecule has 48 heavy (non-hydrogen) atoms. The molecule has 7 rings (SSSR count). The summed E-state index contributed by atoms with van der Waals surface area (Å²) in [6.07, 6.45) is 17.5. The molecule has 1 aromatic carbocycles. The molecule has 3 N–H and O–H groups in total. The van der Waals surface area contributed by atoms with Crippen LogP contribution in [0.5, 0.6) is 0 Å². The van der Waals surface area contributed by atoms with E-state index < -0.39 is 17.2 Å². The molecular weight excluding hydrogens is 596 g/mol. The highest BCUT2D eigenvalue weighted by Crippen LogP contribution is 2.84. The number of aliphatic carboxylic acids is 1. The average Bonchev–Trinajstić information content (AvgIpc) is 3.18. The highest BCUT2D eigenvalue weighted by atomic mass is 16.6. The van der Waals surface area contributed by atoms with Crippen molar-refractivity contribution in [3.05, 3.63) is 35.9 Å². The zero-order valence-corrected chi connectivity index (χ0v) is 31.1. The maximum Gasteiger partial charge on any atom is 0.309 e. The monoisotopic (exact) mass is 662 g/mol. The summed E-state index contributed by atoms with van der Waals surface area (Å²) in [4.78, 5) is 12.8. The fourth-order valence-corrected chi connectivity index (χ4v) is 15.1. The summed E-state index contributed by atoms with van der Waals surface area (Å²) in [7, 11) is 0. The lowest BCUT2D eigenvalue weighted by Gasteiger charge is -2.78. The lowest BCUT2D eigenvalue weighted by atomic mass is 9.26. The number of carboxylic acids is 1. The van der Waals surface area contributed by atoms with Crippen LogP contribution in [0.3, 0.4) is 0 Å². The molecule has 6 aliphatic rings. The summed E-state index contributed by atoms with van der Waals surface area (Å²) in [6.45, 7) is 14.5. The molecular formula is C43H66O5. The van der Waals surface area contributed by atoms with Crippen LogP contribution in [0.2, 0.25) is 0 Å². The van der Waals surface area contributed by atoms with Crippen LogP contribution in [0.25, 0.3) is 0 Å². The smallest absolute Gasteiger partial charge is 0.309 e. The van der Waals surface area contributed by atoms with E-state index in [0.29, 0.717) is 18.3 Å². The topological polar surface area (TPSA) is 87.0 Å². The second-order valence-corrected chi connectivity index (χ2v) is 19.3. The van der Waals surface area contributed by atoms with Crippen LogP contribution < -0.4 is 0 Å². The van der Waals surface area contributed by atoms with Gasteiger partial charge in [0.2, 0.25) is 0 Å².